The maximum atomic E-state index is 12.8. The summed E-state index contributed by atoms with van der Waals surface area (Å²) in [5, 5.41) is 0. The molecule has 3 aromatic rings. The lowest BCUT2D eigenvalue weighted by molar-refractivity contribution is -0.140. The van der Waals surface area contributed by atoms with E-state index in [1.54, 1.807) is 23.1 Å². The van der Waals surface area contributed by atoms with E-state index in [2.05, 4.69) is 4.98 Å². The normalized spacial score (nSPS) is 17.8. The zero-order valence-corrected chi connectivity index (χ0v) is 14.7. The summed E-state index contributed by atoms with van der Waals surface area (Å²) in [7, 11) is 1.91. The standard InChI is InChI=1S/C18H20N4O4/c1-12-9-20(2)17(19-12)15-10-21(7-8-25-15)16(23)11-22-13-5-3-4-6-14(13)26-18(22)24/h3-6,9,15H,7-8,10-11H2,1-2H3/t15-/m1/s1. The Kier molecular flexibility index (Phi) is 4.12. The first kappa shape index (κ1) is 16.6. The van der Waals surface area contributed by atoms with Crippen molar-refractivity contribution in [3.8, 4) is 0 Å². The number of para-hydroxylation sites is 2. The third-order valence-electron chi connectivity index (χ3n) is 4.61. The van der Waals surface area contributed by atoms with E-state index in [0.29, 0.717) is 30.8 Å². The average Bonchev–Trinajstić information content (AvgIpc) is 3.14. The number of aryl methyl sites for hydroxylation is 2. The van der Waals surface area contributed by atoms with Gasteiger partial charge in [0, 0.05) is 19.8 Å². The molecule has 0 saturated carbocycles. The Labute approximate surface area is 149 Å². The molecule has 0 radical (unpaired) electrons. The van der Waals surface area contributed by atoms with E-state index in [1.165, 1.54) is 4.57 Å². The number of benzene rings is 1. The first-order valence-electron chi connectivity index (χ1n) is 8.50. The van der Waals surface area contributed by atoms with Crippen LogP contribution >= 0.6 is 0 Å². The van der Waals surface area contributed by atoms with Crippen LogP contribution in [-0.4, -0.2) is 44.6 Å². The molecule has 1 aromatic carbocycles. The fourth-order valence-electron chi connectivity index (χ4n) is 3.36. The third-order valence-corrected chi connectivity index (χ3v) is 4.61. The highest BCUT2D eigenvalue weighted by molar-refractivity contribution is 5.79. The van der Waals surface area contributed by atoms with Gasteiger partial charge in [0.05, 0.1) is 24.4 Å². The second-order valence-electron chi connectivity index (χ2n) is 6.47. The number of amides is 1. The van der Waals surface area contributed by atoms with Gasteiger partial charge in [0.2, 0.25) is 5.91 Å². The molecule has 0 aliphatic carbocycles. The predicted octanol–water partition coefficient (Wildman–Crippen LogP) is 1.24. The van der Waals surface area contributed by atoms with Crippen LogP contribution in [0.1, 0.15) is 17.6 Å². The number of carbonyl (C=O) groups excluding carboxylic acids is 1. The van der Waals surface area contributed by atoms with Gasteiger partial charge in [-0.15, -0.1) is 0 Å². The number of imidazole rings is 1. The van der Waals surface area contributed by atoms with E-state index in [-0.39, 0.29) is 18.6 Å². The smallest absolute Gasteiger partial charge is 0.408 e. The number of morpholine rings is 1. The molecule has 8 nitrogen and oxygen atoms in total. The Morgan fingerprint density at radius 1 is 1.35 bits per heavy atom. The minimum atomic E-state index is -0.524. The van der Waals surface area contributed by atoms with E-state index >= 15 is 0 Å². The number of hydrogen-bond acceptors (Lipinski definition) is 5. The summed E-state index contributed by atoms with van der Waals surface area (Å²) in [5.41, 5.74) is 2.01. The average molecular weight is 356 g/mol. The molecule has 26 heavy (non-hydrogen) atoms. The maximum Gasteiger partial charge on any atom is 0.420 e. The molecule has 0 unspecified atom stereocenters. The van der Waals surface area contributed by atoms with E-state index in [9.17, 15) is 9.59 Å². The molecule has 0 spiro atoms. The molecule has 3 heterocycles. The Bertz CT molecular complexity index is 1020. The highest BCUT2D eigenvalue weighted by Gasteiger charge is 2.28. The van der Waals surface area contributed by atoms with Crippen LogP contribution in [0.2, 0.25) is 0 Å². The van der Waals surface area contributed by atoms with Gasteiger partial charge < -0.3 is 18.6 Å². The van der Waals surface area contributed by atoms with Crippen LogP contribution in [-0.2, 0) is 23.1 Å². The fourth-order valence-corrected chi connectivity index (χ4v) is 3.36. The van der Waals surface area contributed by atoms with Gasteiger partial charge in [-0.1, -0.05) is 12.1 Å². The van der Waals surface area contributed by atoms with Gasteiger partial charge in [0.25, 0.3) is 0 Å². The first-order chi connectivity index (χ1) is 12.5. The number of nitrogens with zero attached hydrogens (tertiary/aromatic N) is 4. The van der Waals surface area contributed by atoms with E-state index in [0.717, 1.165) is 11.5 Å². The highest BCUT2D eigenvalue weighted by Crippen LogP contribution is 2.22. The van der Waals surface area contributed by atoms with Crippen molar-refractivity contribution in [1.29, 1.82) is 0 Å². The third kappa shape index (κ3) is 2.92. The van der Waals surface area contributed by atoms with Crippen LogP contribution in [0.15, 0.2) is 39.7 Å². The minimum absolute atomic E-state index is 0.0534. The lowest BCUT2D eigenvalue weighted by Crippen LogP contribution is -2.44. The minimum Gasteiger partial charge on any atom is -0.408 e. The Morgan fingerprint density at radius 3 is 2.92 bits per heavy atom. The number of aromatic nitrogens is 3. The summed E-state index contributed by atoms with van der Waals surface area (Å²) >= 11 is 0. The topological polar surface area (TPSA) is 82.5 Å². The summed E-state index contributed by atoms with van der Waals surface area (Å²) in [4.78, 5) is 31.1. The van der Waals surface area contributed by atoms with Gasteiger partial charge in [0.15, 0.2) is 5.58 Å². The van der Waals surface area contributed by atoms with Crippen molar-refractivity contribution in [2.24, 2.45) is 7.05 Å². The highest BCUT2D eigenvalue weighted by atomic mass is 16.5. The Balaban J connectivity index is 1.53. The molecule has 2 aromatic heterocycles. The van der Waals surface area contributed by atoms with Gasteiger partial charge in [-0.3, -0.25) is 9.36 Å². The van der Waals surface area contributed by atoms with Crippen LogP contribution in [0.4, 0.5) is 0 Å². The molecule has 1 saturated heterocycles. The molecule has 1 atom stereocenters. The van der Waals surface area contributed by atoms with Crippen molar-refractivity contribution in [1.82, 2.24) is 19.0 Å². The summed E-state index contributed by atoms with van der Waals surface area (Å²) < 4.78 is 14.3. The van der Waals surface area contributed by atoms with Crippen molar-refractivity contribution < 1.29 is 13.9 Å². The number of hydrogen-bond donors (Lipinski definition) is 0. The van der Waals surface area contributed by atoms with Crippen molar-refractivity contribution in [2.45, 2.75) is 19.6 Å². The SMILES string of the molecule is Cc1cn(C)c([C@H]2CN(C(=O)Cn3c(=O)oc4ccccc43)CCO2)n1. The summed E-state index contributed by atoms with van der Waals surface area (Å²) in [5.74, 6) is 0.132. The van der Waals surface area contributed by atoms with Crippen molar-refractivity contribution >= 4 is 17.0 Å². The summed E-state index contributed by atoms with van der Waals surface area (Å²) in [6.45, 7) is 3.20. The molecule has 4 rings (SSSR count). The fraction of sp³-hybridized carbons (Fsp3) is 0.389. The van der Waals surface area contributed by atoms with Crippen molar-refractivity contribution in [3.63, 3.8) is 0 Å². The van der Waals surface area contributed by atoms with E-state index in [4.69, 9.17) is 9.15 Å². The molecule has 1 aliphatic heterocycles. The van der Waals surface area contributed by atoms with E-state index < -0.39 is 5.76 Å². The summed E-state index contributed by atoms with van der Waals surface area (Å²) in [6, 6.07) is 7.09. The number of oxazole rings is 1. The summed E-state index contributed by atoms with van der Waals surface area (Å²) in [6.07, 6.45) is 1.65. The molecule has 1 aliphatic rings. The molecular weight excluding hydrogens is 336 g/mol. The molecule has 1 amide bonds. The zero-order chi connectivity index (χ0) is 18.3. The van der Waals surface area contributed by atoms with Gasteiger partial charge >= 0.3 is 5.76 Å². The second kappa shape index (κ2) is 6.45. The second-order valence-corrected chi connectivity index (χ2v) is 6.47. The lowest BCUT2D eigenvalue weighted by Gasteiger charge is -2.32. The van der Waals surface area contributed by atoms with Crippen LogP contribution in [0.25, 0.3) is 11.1 Å². The Hall–Kier alpha value is -2.87. The number of ether oxygens (including phenoxy) is 1. The lowest BCUT2D eigenvalue weighted by atomic mass is 10.2. The maximum absolute atomic E-state index is 12.8. The number of carbonyl (C=O) groups is 1. The van der Waals surface area contributed by atoms with Crippen LogP contribution in [0.5, 0.6) is 0 Å². The quantitative estimate of drug-likeness (QED) is 0.705. The molecule has 1 fully saturated rings. The Morgan fingerprint density at radius 2 is 2.15 bits per heavy atom. The van der Waals surface area contributed by atoms with E-state index in [1.807, 2.05) is 30.8 Å². The largest absolute Gasteiger partial charge is 0.420 e. The van der Waals surface area contributed by atoms with Gasteiger partial charge in [-0.25, -0.2) is 9.78 Å². The molecule has 136 valence electrons. The molecular formula is C18H20N4O4. The van der Waals surface area contributed by atoms with Crippen LogP contribution < -0.4 is 5.76 Å². The van der Waals surface area contributed by atoms with Gasteiger partial charge in [0.1, 0.15) is 18.5 Å². The monoisotopic (exact) mass is 356 g/mol. The zero-order valence-electron chi connectivity index (χ0n) is 14.7. The number of rotatable bonds is 3. The first-order valence-corrected chi connectivity index (χ1v) is 8.50. The predicted molar refractivity (Wildman–Crippen MR) is 93.7 cm³/mol. The van der Waals surface area contributed by atoms with Crippen molar-refractivity contribution in [2.75, 3.05) is 19.7 Å². The van der Waals surface area contributed by atoms with Crippen LogP contribution in [0, 0.1) is 6.92 Å². The van der Waals surface area contributed by atoms with Gasteiger partial charge in [-0.05, 0) is 19.1 Å². The molecule has 8 heteroatoms. The molecule has 0 N–H and O–H groups in total. The van der Waals surface area contributed by atoms with Crippen molar-refractivity contribution in [3.05, 3.63) is 52.5 Å². The van der Waals surface area contributed by atoms with Gasteiger partial charge in [-0.2, -0.15) is 0 Å². The number of fused-ring (bicyclic) bond motifs is 1. The molecule has 0 bridgehead atoms. The van der Waals surface area contributed by atoms with Crippen LogP contribution in [0.3, 0.4) is 0 Å².